The van der Waals surface area contributed by atoms with Crippen molar-refractivity contribution in [3.05, 3.63) is 106 Å². The number of hydrogen-bond donors (Lipinski definition) is 4. The number of azo groups is 1. The zero-order valence-electron chi connectivity index (χ0n) is 20.6. The summed E-state index contributed by atoms with van der Waals surface area (Å²) in [6, 6.07) is 21.5. The van der Waals surface area contributed by atoms with Crippen LogP contribution in [0.4, 0.5) is 32.8 Å². The number of H-pyrrole nitrogens is 1. The standard InChI is InChI=1S/C29H19FN6O4/c30-16-5-11-24-22(13-16)21-10-4-15-12-23(29(38)32-19-2-1-3-20(14-19)36(39)40)28(37)27(25(15)26(21)33-24)35-34-18-8-6-17(31)7-9-18/h1-14,33,37H,31H2,(H,32,38). The fourth-order valence-corrected chi connectivity index (χ4v) is 4.62. The highest BCUT2D eigenvalue weighted by Gasteiger charge is 2.22. The van der Waals surface area contributed by atoms with Crippen molar-refractivity contribution < 1.29 is 19.2 Å². The van der Waals surface area contributed by atoms with Gasteiger partial charge in [0.25, 0.3) is 11.6 Å². The van der Waals surface area contributed by atoms with E-state index >= 15 is 0 Å². The number of halogens is 1. The number of phenols is 1. The number of anilines is 2. The number of nitrogens with two attached hydrogens (primary N) is 1. The third-order valence-electron chi connectivity index (χ3n) is 6.50. The van der Waals surface area contributed by atoms with Crippen LogP contribution in [0.5, 0.6) is 5.75 Å². The molecule has 6 rings (SSSR count). The Labute approximate surface area is 224 Å². The second kappa shape index (κ2) is 9.48. The Balaban J connectivity index is 1.55. The second-order valence-corrected chi connectivity index (χ2v) is 9.08. The molecule has 10 nitrogen and oxygen atoms in total. The van der Waals surface area contributed by atoms with Crippen LogP contribution in [0.25, 0.3) is 32.6 Å². The van der Waals surface area contributed by atoms with Crippen molar-refractivity contribution in [1.82, 2.24) is 4.98 Å². The van der Waals surface area contributed by atoms with Gasteiger partial charge in [-0.05, 0) is 60.0 Å². The smallest absolute Gasteiger partial charge is 0.271 e. The summed E-state index contributed by atoms with van der Waals surface area (Å²) in [4.78, 5) is 27.1. The highest BCUT2D eigenvalue weighted by Crippen LogP contribution is 2.44. The molecule has 0 unspecified atom stereocenters. The Morgan fingerprint density at radius 2 is 1.77 bits per heavy atom. The minimum absolute atomic E-state index is 0.0103. The van der Waals surface area contributed by atoms with E-state index in [1.165, 1.54) is 42.5 Å². The van der Waals surface area contributed by atoms with Gasteiger partial charge in [-0.1, -0.05) is 18.2 Å². The molecule has 0 aliphatic heterocycles. The highest BCUT2D eigenvalue weighted by atomic mass is 19.1. The number of carbonyl (C=O) groups excluding carboxylic acids is 1. The van der Waals surface area contributed by atoms with Gasteiger partial charge in [-0.2, -0.15) is 5.11 Å². The number of rotatable bonds is 5. The zero-order chi connectivity index (χ0) is 28.0. The van der Waals surface area contributed by atoms with Crippen molar-refractivity contribution in [2.24, 2.45) is 10.2 Å². The molecule has 196 valence electrons. The predicted molar refractivity (Wildman–Crippen MR) is 151 cm³/mol. The van der Waals surface area contributed by atoms with E-state index in [-0.39, 0.29) is 22.6 Å². The van der Waals surface area contributed by atoms with Crippen molar-refractivity contribution in [2.45, 2.75) is 0 Å². The second-order valence-electron chi connectivity index (χ2n) is 9.08. The maximum Gasteiger partial charge on any atom is 0.271 e. The molecular weight excluding hydrogens is 515 g/mol. The fraction of sp³-hybridized carbons (Fsp3) is 0. The van der Waals surface area contributed by atoms with Gasteiger partial charge in [0.05, 0.1) is 21.7 Å². The van der Waals surface area contributed by atoms with Crippen molar-refractivity contribution in [1.29, 1.82) is 0 Å². The third kappa shape index (κ3) is 4.31. The summed E-state index contributed by atoms with van der Waals surface area (Å²) < 4.78 is 14.0. The van der Waals surface area contributed by atoms with Crippen LogP contribution in [0, 0.1) is 15.9 Å². The first-order valence-electron chi connectivity index (χ1n) is 12.0. The van der Waals surface area contributed by atoms with Gasteiger partial charge in [-0.15, -0.1) is 5.11 Å². The summed E-state index contributed by atoms with van der Waals surface area (Å²) in [5, 5.41) is 36.0. The number of aromatic nitrogens is 1. The first-order valence-corrected chi connectivity index (χ1v) is 12.0. The average Bonchev–Trinajstić information content (AvgIpc) is 3.31. The first kappa shape index (κ1) is 24.5. The van der Waals surface area contributed by atoms with Crippen LogP contribution in [-0.2, 0) is 0 Å². The summed E-state index contributed by atoms with van der Waals surface area (Å²) in [5.41, 5.74) is 7.88. The highest BCUT2D eigenvalue weighted by molar-refractivity contribution is 6.22. The molecule has 6 aromatic rings. The van der Waals surface area contributed by atoms with Crippen molar-refractivity contribution in [2.75, 3.05) is 11.1 Å². The van der Waals surface area contributed by atoms with E-state index < -0.39 is 22.4 Å². The van der Waals surface area contributed by atoms with Gasteiger partial charge >= 0.3 is 0 Å². The molecule has 1 amide bonds. The summed E-state index contributed by atoms with van der Waals surface area (Å²) in [7, 11) is 0. The molecule has 40 heavy (non-hydrogen) atoms. The number of nitrogens with zero attached hydrogens (tertiary/aromatic N) is 3. The van der Waals surface area contributed by atoms with Crippen LogP contribution < -0.4 is 11.1 Å². The van der Waals surface area contributed by atoms with Crippen LogP contribution in [-0.4, -0.2) is 20.9 Å². The molecule has 0 aliphatic rings. The summed E-state index contributed by atoms with van der Waals surface area (Å²) in [6.07, 6.45) is 0. The Hall–Kier alpha value is -5.84. The third-order valence-corrected chi connectivity index (χ3v) is 6.50. The summed E-state index contributed by atoms with van der Waals surface area (Å²) in [5.74, 6) is -1.55. The number of phenolic OH excluding ortho intramolecular Hbond substituents is 1. The lowest BCUT2D eigenvalue weighted by Gasteiger charge is -2.12. The molecule has 0 atom stereocenters. The van der Waals surface area contributed by atoms with E-state index in [1.807, 2.05) is 0 Å². The molecule has 0 aliphatic carbocycles. The van der Waals surface area contributed by atoms with Crippen LogP contribution in [0.3, 0.4) is 0 Å². The van der Waals surface area contributed by atoms with E-state index in [0.29, 0.717) is 44.0 Å². The van der Waals surface area contributed by atoms with Crippen molar-refractivity contribution in [3.63, 3.8) is 0 Å². The fourth-order valence-electron chi connectivity index (χ4n) is 4.62. The van der Waals surface area contributed by atoms with Crippen molar-refractivity contribution >= 4 is 66.9 Å². The van der Waals surface area contributed by atoms with Gasteiger partial charge < -0.3 is 21.1 Å². The van der Waals surface area contributed by atoms with E-state index in [1.54, 1.807) is 42.5 Å². The maximum atomic E-state index is 14.0. The van der Waals surface area contributed by atoms with Gasteiger partial charge in [0.2, 0.25) is 0 Å². The van der Waals surface area contributed by atoms with Gasteiger partial charge in [0, 0.05) is 45.2 Å². The molecule has 0 fully saturated rings. The first-order chi connectivity index (χ1) is 19.3. The minimum atomic E-state index is -0.706. The van der Waals surface area contributed by atoms with Crippen molar-refractivity contribution in [3.8, 4) is 5.75 Å². The number of nitro groups is 1. The molecule has 1 heterocycles. The maximum absolute atomic E-state index is 14.0. The molecule has 0 saturated carbocycles. The number of nitrogen functional groups attached to an aromatic ring is 1. The quantitative estimate of drug-likeness (QED) is 0.0780. The number of amides is 1. The summed E-state index contributed by atoms with van der Waals surface area (Å²) in [6.45, 7) is 0. The van der Waals surface area contributed by atoms with E-state index in [4.69, 9.17) is 5.73 Å². The van der Waals surface area contributed by atoms with Crippen LogP contribution in [0.1, 0.15) is 10.4 Å². The minimum Gasteiger partial charge on any atom is -0.505 e. The predicted octanol–water partition coefficient (Wildman–Crippen LogP) is 7.48. The number of benzene rings is 5. The lowest BCUT2D eigenvalue weighted by Crippen LogP contribution is -2.12. The Morgan fingerprint density at radius 3 is 2.55 bits per heavy atom. The molecule has 1 aromatic heterocycles. The number of nitro benzene ring substituents is 1. The average molecular weight is 535 g/mol. The topological polar surface area (TPSA) is 159 Å². The Morgan fingerprint density at radius 1 is 0.975 bits per heavy atom. The number of aromatic hydroxyl groups is 1. The molecule has 0 radical (unpaired) electrons. The SMILES string of the molecule is Nc1ccc(N=Nc2c(O)c(C(=O)Nc3cccc([N+](=O)[O-])c3)cc3ccc4c5cc(F)ccc5[nH]c4c23)cc1. The molecule has 0 saturated heterocycles. The lowest BCUT2D eigenvalue weighted by molar-refractivity contribution is -0.384. The van der Waals surface area contributed by atoms with Crippen LogP contribution >= 0.6 is 0 Å². The van der Waals surface area contributed by atoms with Gasteiger partial charge in [-0.3, -0.25) is 14.9 Å². The Kier molecular flexibility index (Phi) is 5.80. The largest absolute Gasteiger partial charge is 0.505 e. The van der Waals surface area contributed by atoms with Gasteiger partial charge in [0.15, 0.2) is 5.75 Å². The van der Waals surface area contributed by atoms with Crippen LogP contribution in [0.2, 0.25) is 0 Å². The molecule has 5 N–H and O–H groups in total. The molecule has 0 bridgehead atoms. The normalized spacial score (nSPS) is 11.5. The molecule has 0 spiro atoms. The number of carbonyl (C=O) groups is 1. The zero-order valence-corrected chi connectivity index (χ0v) is 20.6. The lowest BCUT2D eigenvalue weighted by atomic mass is 10.00. The summed E-state index contributed by atoms with van der Waals surface area (Å²) >= 11 is 0. The number of hydrogen-bond acceptors (Lipinski definition) is 7. The number of fused-ring (bicyclic) bond motifs is 5. The van der Waals surface area contributed by atoms with E-state index in [2.05, 4.69) is 20.5 Å². The molecular formula is C29H19FN6O4. The number of non-ortho nitro benzene ring substituents is 1. The van der Waals surface area contributed by atoms with Gasteiger partial charge in [-0.25, -0.2) is 4.39 Å². The molecule has 5 aromatic carbocycles. The number of aromatic amines is 1. The van der Waals surface area contributed by atoms with Crippen LogP contribution in [0.15, 0.2) is 95.2 Å². The van der Waals surface area contributed by atoms with E-state index in [0.717, 1.165) is 0 Å². The Bertz CT molecular complexity index is 2020. The number of nitrogens with one attached hydrogen (secondary N) is 2. The molecule has 11 heteroatoms. The van der Waals surface area contributed by atoms with Gasteiger partial charge in [0.1, 0.15) is 11.5 Å². The monoisotopic (exact) mass is 534 g/mol. The van der Waals surface area contributed by atoms with E-state index in [9.17, 15) is 24.4 Å².